The summed E-state index contributed by atoms with van der Waals surface area (Å²) in [4.78, 5) is 15.0. The van der Waals surface area contributed by atoms with Crippen molar-refractivity contribution in [1.29, 1.82) is 0 Å². The Labute approximate surface area is 150 Å². The fourth-order valence-electron chi connectivity index (χ4n) is 3.07. The van der Waals surface area contributed by atoms with Crippen LogP contribution in [0.3, 0.4) is 0 Å². The molecular weight excluding hydrogens is 330 g/mol. The van der Waals surface area contributed by atoms with Crippen LogP contribution in [0.15, 0.2) is 54.9 Å². The Morgan fingerprint density at radius 3 is 2.77 bits per heavy atom. The van der Waals surface area contributed by atoms with Crippen molar-refractivity contribution in [2.45, 2.75) is 19.9 Å². The van der Waals surface area contributed by atoms with Crippen LogP contribution in [0.2, 0.25) is 0 Å². The lowest BCUT2D eigenvalue weighted by Gasteiger charge is -2.24. The van der Waals surface area contributed by atoms with Crippen LogP contribution in [0.5, 0.6) is 0 Å². The number of non-ortho nitro benzene ring substituents is 1. The second-order valence-electron chi connectivity index (χ2n) is 6.33. The number of aryl methyl sites for hydroxylation is 2. The number of nitro groups is 1. The zero-order valence-corrected chi connectivity index (χ0v) is 14.4. The van der Waals surface area contributed by atoms with E-state index in [1.807, 2.05) is 12.1 Å². The fraction of sp³-hybridized carbons (Fsp3) is 0.158. The zero-order chi connectivity index (χ0) is 18.3. The van der Waals surface area contributed by atoms with Gasteiger partial charge in [0.05, 0.1) is 4.92 Å². The molecule has 2 aromatic carbocycles. The highest BCUT2D eigenvalue weighted by molar-refractivity contribution is 5.77. The second-order valence-corrected chi connectivity index (χ2v) is 6.33. The smallest absolute Gasteiger partial charge is 0.269 e. The van der Waals surface area contributed by atoms with E-state index in [9.17, 15) is 10.1 Å². The van der Waals surface area contributed by atoms with Gasteiger partial charge >= 0.3 is 0 Å². The van der Waals surface area contributed by atoms with E-state index in [0.29, 0.717) is 5.95 Å². The SMILES string of the molecule is Cc1ccc(C2=CC(c3cccc([N+](=O)[O-])c3)n3ncnc3N2)cc1C. The first-order valence-corrected chi connectivity index (χ1v) is 8.23. The second kappa shape index (κ2) is 6.11. The topological polar surface area (TPSA) is 85.9 Å². The Morgan fingerprint density at radius 1 is 1.15 bits per heavy atom. The van der Waals surface area contributed by atoms with E-state index >= 15 is 0 Å². The van der Waals surface area contributed by atoms with Gasteiger partial charge in [-0.2, -0.15) is 10.1 Å². The third-order valence-electron chi connectivity index (χ3n) is 4.65. The van der Waals surface area contributed by atoms with E-state index in [-0.39, 0.29) is 16.7 Å². The first-order chi connectivity index (χ1) is 12.5. The van der Waals surface area contributed by atoms with Gasteiger partial charge in [0, 0.05) is 17.8 Å². The molecule has 1 aliphatic rings. The molecule has 0 aliphatic carbocycles. The van der Waals surface area contributed by atoms with Gasteiger partial charge in [-0.05, 0) is 48.2 Å². The van der Waals surface area contributed by atoms with Crippen LogP contribution >= 0.6 is 0 Å². The Hall–Kier alpha value is -3.48. The molecular formula is C19H17N5O2. The maximum absolute atomic E-state index is 11.1. The first kappa shape index (κ1) is 16.0. The van der Waals surface area contributed by atoms with Crippen LogP contribution in [-0.2, 0) is 0 Å². The van der Waals surface area contributed by atoms with Crippen LogP contribution in [-0.4, -0.2) is 19.7 Å². The molecule has 1 N–H and O–H groups in total. The highest BCUT2D eigenvalue weighted by Gasteiger charge is 2.24. The average Bonchev–Trinajstić information content (AvgIpc) is 3.12. The lowest BCUT2D eigenvalue weighted by atomic mass is 9.99. The van der Waals surface area contributed by atoms with E-state index in [2.05, 4.69) is 47.4 Å². The molecule has 0 fully saturated rings. The predicted molar refractivity (Wildman–Crippen MR) is 98.8 cm³/mol. The van der Waals surface area contributed by atoms with Crippen molar-refractivity contribution >= 4 is 17.3 Å². The Bertz CT molecular complexity index is 1040. The molecule has 0 amide bonds. The third-order valence-corrected chi connectivity index (χ3v) is 4.65. The maximum Gasteiger partial charge on any atom is 0.269 e. The minimum absolute atomic E-state index is 0.0591. The Balaban J connectivity index is 1.82. The fourth-order valence-corrected chi connectivity index (χ4v) is 3.07. The summed E-state index contributed by atoms with van der Waals surface area (Å²) in [7, 11) is 0. The molecule has 1 atom stereocenters. The van der Waals surface area contributed by atoms with Crippen molar-refractivity contribution in [2.24, 2.45) is 0 Å². The summed E-state index contributed by atoms with van der Waals surface area (Å²) in [6.07, 6.45) is 3.49. The van der Waals surface area contributed by atoms with Gasteiger partial charge < -0.3 is 5.32 Å². The molecule has 4 rings (SSSR count). The molecule has 0 bridgehead atoms. The van der Waals surface area contributed by atoms with Crippen molar-refractivity contribution in [2.75, 3.05) is 5.32 Å². The molecule has 130 valence electrons. The van der Waals surface area contributed by atoms with Gasteiger partial charge in [0.1, 0.15) is 12.4 Å². The molecule has 1 aliphatic heterocycles. The third kappa shape index (κ3) is 2.73. The molecule has 26 heavy (non-hydrogen) atoms. The molecule has 0 saturated heterocycles. The minimum atomic E-state index is -0.388. The summed E-state index contributed by atoms with van der Waals surface area (Å²) in [5, 5.41) is 18.7. The van der Waals surface area contributed by atoms with Crippen molar-refractivity contribution in [3.63, 3.8) is 0 Å². The molecule has 1 unspecified atom stereocenters. The van der Waals surface area contributed by atoms with Gasteiger partial charge in [-0.3, -0.25) is 10.1 Å². The zero-order valence-electron chi connectivity index (χ0n) is 14.4. The average molecular weight is 347 g/mol. The summed E-state index contributed by atoms with van der Waals surface area (Å²) in [6.45, 7) is 4.15. The van der Waals surface area contributed by atoms with Crippen LogP contribution in [0, 0.1) is 24.0 Å². The van der Waals surface area contributed by atoms with Crippen molar-refractivity contribution < 1.29 is 4.92 Å². The van der Waals surface area contributed by atoms with Gasteiger partial charge in [0.15, 0.2) is 0 Å². The minimum Gasteiger partial charge on any atom is -0.324 e. The van der Waals surface area contributed by atoms with Gasteiger partial charge in [-0.15, -0.1) is 0 Å². The molecule has 3 aromatic rings. The van der Waals surface area contributed by atoms with E-state index in [0.717, 1.165) is 16.8 Å². The van der Waals surface area contributed by atoms with Gasteiger partial charge in [0.2, 0.25) is 5.95 Å². The van der Waals surface area contributed by atoms with E-state index in [1.54, 1.807) is 16.8 Å². The van der Waals surface area contributed by atoms with Crippen molar-refractivity contribution in [3.05, 3.63) is 87.2 Å². The van der Waals surface area contributed by atoms with E-state index < -0.39 is 0 Å². The van der Waals surface area contributed by atoms with Crippen LogP contribution in [0.25, 0.3) is 5.70 Å². The first-order valence-electron chi connectivity index (χ1n) is 8.23. The number of benzene rings is 2. The number of allylic oxidation sites excluding steroid dienone is 1. The lowest BCUT2D eigenvalue weighted by molar-refractivity contribution is -0.384. The number of aromatic nitrogens is 3. The summed E-state index contributed by atoms with van der Waals surface area (Å²) in [5.74, 6) is 0.609. The molecule has 7 heteroatoms. The molecule has 7 nitrogen and oxygen atoms in total. The summed E-state index contributed by atoms with van der Waals surface area (Å²) in [5.41, 5.74) is 5.22. The van der Waals surface area contributed by atoms with Crippen LogP contribution in [0.1, 0.15) is 28.3 Å². The standard InChI is InChI=1S/C19H17N5O2/c1-12-6-7-14(8-13(12)2)17-10-18(23-19(22-17)20-11-21-23)15-4-3-5-16(9-15)24(25)26/h3-11,18H,1-2H3,(H,20,21,22). The largest absolute Gasteiger partial charge is 0.324 e. The number of nitrogens with one attached hydrogen (secondary N) is 1. The number of fused-ring (bicyclic) bond motifs is 1. The van der Waals surface area contributed by atoms with Gasteiger partial charge in [-0.25, -0.2) is 4.68 Å². The van der Waals surface area contributed by atoms with Crippen LogP contribution < -0.4 is 5.32 Å². The quantitative estimate of drug-likeness (QED) is 0.574. The molecule has 1 aromatic heterocycles. The molecule has 0 radical (unpaired) electrons. The van der Waals surface area contributed by atoms with Crippen molar-refractivity contribution in [1.82, 2.24) is 14.8 Å². The maximum atomic E-state index is 11.1. The molecule has 0 saturated carbocycles. The Kier molecular flexibility index (Phi) is 3.76. The van der Waals surface area contributed by atoms with Gasteiger partial charge in [0.25, 0.3) is 5.69 Å². The van der Waals surface area contributed by atoms with Gasteiger partial charge in [-0.1, -0.05) is 24.3 Å². The number of nitrogens with zero attached hydrogens (tertiary/aromatic N) is 4. The monoisotopic (exact) mass is 347 g/mol. The number of anilines is 1. The van der Waals surface area contributed by atoms with E-state index in [4.69, 9.17) is 0 Å². The number of hydrogen-bond donors (Lipinski definition) is 1. The van der Waals surface area contributed by atoms with Crippen LogP contribution in [0.4, 0.5) is 11.6 Å². The Morgan fingerprint density at radius 2 is 2.00 bits per heavy atom. The highest BCUT2D eigenvalue weighted by atomic mass is 16.6. The number of hydrogen-bond acceptors (Lipinski definition) is 5. The number of rotatable bonds is 3. The molecule has 2 heterocycles. The van der Waals surface area contributed by atoms with Crippen molar-refractivity contribution in [3.8, 4) is 0 Å². The normalized spacial score (nSPS) is 15.8. The lowest BCUT2D eigenvalue weighted by Crippen LogP contribution is -2.20. The summed E-state index contributed by atoms with van der Waals surface area (Å²) in [6, 6.07) is 12.6. The summed E-state index contributed by atoms with van der Waals surface area (Å²) < 4.78 is 1.73. The predicted octanol–water partition coefficient (Wildman–Crippen LogP) is 3.86. The van der Waals surface area contributed by atoms with E-state index in [1.165, 1.54) is 23.5 Å². The highest BCUT2D eigenvalue weighted by Crippen LogP contribution is 2.33. The summed E-state index contributed by atoms with van der Waals surface area (Å²) >= 11 is 0. The number of nitro benzene ring substituents is 1. The molecule has 0 spiro atoms.